The topological polar surface area (TPSA) is 227 Å². The van der Waals surface area contributed by atoms with Gasteiger partial charge in [-0.1, -0.05) is 5.22 Å². The van der Waals surface area contributed by atoms with Gasteiger partial charge >= 0.3 is 0 Å². The van der Waals surface area contributed by atoms with Crippen molar-refractivity contribution >= 4 is 52.6 Å². The van der Waals surface area contributed by atoms with Crippen LogP contribution in [0.15, 0.2) is 48.2 Å². The van der Waals surface area contributed by atoms with Crippen LogP contribution in [0.1, 0.15) is 100 Å². The van der Waals surface area contributed by atoms with E-state index >= 15 is 0 Å². The second-order valence-corrected chi connectivity index (χ2v) is 18.3. The number of nitrogen functional groups attached to an aromatic ring is 1. The van der Waals surface area contributed by atoms with E-state index in [4.69, 9.17) is 28.3 Å². The van der Waals surface area contributed by atoms with Crippen LogP contribution >= 0.6 is 11.6 Å². The Bertz CT molecular complexity index is 2540. The van der Waals surface area contributed by atoms with Crippen molar-refractivity contribution in [1.82, 2.24) is 49.9 Å². The molecule has 354 valence electrons. The van der Waals surface area contributed by atoms with Gasteiger partial charge in [-0.15, -0.1) is 5.10 Å². The average Bonchev–Trinajstić information content (AvgIpc) is 4.18. The highest BCUT2D eigenvalue weighted by Crippen LogP contribution is 2.46. The third-order valence-corrected chi connectivity index (χ3v) is 13.6. The fourth-order valence-electron chi connectivity index (χ4n) is 9.72. The molecule has 18 nitrogen and oxygen atoms in total. The summed E-state index contributed by atoms with van der Waals surface area (Å²) in [5.41, 5.74) is 15.5. The maximum atomic E-state index is 14.9. The molecule has 0 amide bonds. The first kappa shape index (κ1) is 46.0. The minimum absolute atomic E-state index is 0.00917. The number of rotatable bonds is 12. The molecule has 3 aromatic heterocycles. The predicted molar refractivity (Wildman–Crippen MR) is 245 cm³/mol. The molecule has 0 bridgehead atoms. The summed E-state index contributed by atoms with van der Waals surface area (Å²) in [5, 5.41) is 32.1. The number of piperidine rings is 2. The van der Waals surface area contributed by atoms with Crippen LogP contribution in [0.25, 0.3) is 5.69 Å². The van der Waals surface area contributed by atoms with E-state index in [9.17, 15) is 17.6 Å². The SMILES string of the molecule is Fc1cc(C2CC2)c(-n2cnnn2)cc1Nc1ncc(F)c(NC2CCN3CCCC3C2)n1.Fc1cnc(Cl)nc1NC1CCN2CCCC2C1.N=CN(N=N)c1cc(N)c(F)cc1C1CC1. The van der Waals surface area contributed by atoms with E-state index in [-0.39, 0.29) is 46.3 Å². The molecule has 11 rings (SSSR count). The smallest absolute Gasteiger partial charge is 0.229 e. The summed E-state index contributed by atoms with van der Waals surface area (Å²) >= 11 is 5.69. The Balaban J connectivity index is 0.000000139. The third kappa shape index (κ3) is 11.0. The van der Waals surface area contributed by atoms with Crippen molar-refractivity contribution in [3.63, 3.8) is 0 Å². The Labute approximate surface area is 389 Å². The standard InChI is InChI=1S/C22H25F2N9.C12H16ClFN4.C10H12FN5/c23-17-9-16(13-3-4-13)20(33-12-26-30-31-33)10-19(17)28-22-25-11-18(24)21(29-22)27-14-5-7-32-6-1-2-15(32)8-14;13-12-15-7-10(14)11(17-12)16-8-3-5-18-4-1-2-9(18)6-8;11-8-3-7(6-1-2-6)10(4-9(8)13)16(5-12)15-14/h9-15H,1-8H2,(H2,25,27,28,29);7-9H,1-6H2,(H,15,16,17);3-6,12,14H,1-2,13H2. The number of hydrogen-bond donors (Lipinski definition) is 6. The van der Waals surface area contributed by atoms with Crippen LogP contribution in [0.2, 0.25) is 5.28 Å². The molecule has 7 heterocycles. The summed E-state index contributed by atoms with van der Waals surface area (Å²) in [6.45, 7) is 4.47. The summed E-state index contributed by atoms with van der Waals surface area (Å²) in [5.74, 6) is -0.748. The lowest BCUT2D eigenvalue weighted by Gasteiger charge is -2.35. The highest BCUT2D eigenvalue weighted by Gasteiger charge is 2.34. The van der Waals surface area contributed by atoms with E-state index in [1.807, 2.05) is 0 Å². The number of anilines is 6. The van der Waals surface area contributed by atoms with Crippen molar-refractivity contribution in [2.45, 2.75) is 113 Å². The summed E-state index contributed by atoms with van der Waals surface area (Å²) in [7, 11) is 0. The van der Waals surface area contributed by atoms with Gasteiger partial charge in [0.25, 0.3) is 0 Å². The van der Waals surface area contributed by atoms with Gasteiger partial charge in [0.05, 0.1) is 35.1 Å². The van der Waals surface area contributed by atoms with Crippen LogP contribution < -0.4 is 26.7 Å². The molecule has 6 aliphatic rings. The summed E-state index contributed by atoms with van der Waals surface area (Å²) in [6, 6.07) is 7.60. The number of aromatic nitrogens is 8. The van der Waals surface area contributed by atoms with Crippen molar-refractivity contribution in [2.24, 2.45) is 5.22 Å². The molecule has 5 aromatic rings. The zero-order valence-corrected chi connectivity index (χ0v) is 37.5. The Kier molecular flexibility index (Phi) is 14.0. The molecule has 4 unspecified atom stereocenters. The lowest BCUT2D eigenvalue weighted by molar-refractivity contribution is 0.187. The van der Waals surface area contributed by atoms with Gasteiger partial charge in [-0.05, 0) is 159 Å². The zero-order valence-electron chi connectivity index (χ0n) is 36.7. The third-order valence-electron chi connectivity index (χ3n) is 13.4. The van der Waals surface area contributed by atoms with Crippen LogP contribution in [-0.2, 0) is 0 Å². The Morgan fingerprint density at radius 2 is 1.36 bits per heavy atom. The molecule has 0 spiro atoms. The van der Waals surface area contributed by atoms with Gasteiger partial charge in [-0.2, -0.15) is 15.5 Å². The van der Waals surface area contributed by atoms with Crippen molar-refractivity contribution in [2.75, 3.05) is 52.9 Å². The van der Waals surface area contributed by atoms with Crippen LogP contribution in [0.4, 0.5) is 52.2 Å². The molecule has 4 saturated heterocycles. The molecule has 4 atom stereocenters. The maximum Gasteiger partial charge on any atom is 0.229 e. The molecule has 2 aliphatic carbocycles. The quantitative estimate of drug-likeness (QED) is 0.0132. The van der Waals surface area contributed by atoms with Crippen molar-refractivity contribution < 1.29 is 17.6 Å². The monoisotopic (exact) mass is 944 g/mol. The van der Waals surface area contributed by atoms with Crippen LogP contribution in [0.5, 0.6) is 0 Å². The second-order valence-electron chi connectivity index (χ2n) is 17.9. The summed E-state index contributed by atoms with van der Waals surface area (Å²) < 4.78 is 57.8. The van der Waals surface area contributed by atoms with E-state index < -0.39 is 23.3 Å². The molecule has 67 heavy (non-hydrogen) atoms. The molecule has 2 saturated carbocycles. The maximum absolute atomic E-state index is 14.9. The van der Waals surface area contributed by atoms with Crippen LogP contribution in [0.3, 0.4) is 0 Å². The van der Waals surface area contributed by atoms with E-state index in [0.717, 1.165) is 106 Å². The van der Waals surface area contributed by atoms with E-state index in [0.29, 0.717) is 35.3 Å². The molecule has 4 aliphatic heterocycles. The first-order valence-corrected chi connectivity index (χ1v) is 23.2. The highest BCUT2D eigenvalue weighted by atomic mass is 35.5. The molecule has 2 aromatic carbocycles. The Morgan fingerprint density at radius 1 is 0.746 bits per heavy atom. The van der Waals surface area contributed by atoms with Gasteiger partial charge in [0.15, 0.2) is 23.3 Å². The highest BCUT2D eigenvalue weighted by molar-refractivity contribution is 6.28. The van der Waals surface area contributed by atoms with Gasteiger partial charge in [-0.3, -0.25) is 5.41 Å². The van der Waals surface area contributed by atoms with Gasteiger partial charge in [0, 0.05) is 37.3 Å². The van der Waals surface area contributed by atoms with Gasteiger partial charge in [-0.25, -0.2) is 37.2 Å². The van der Waals surface area contributed by atoms with Crippen molar-refractivity contribution in [3.8, 4) is 5.69 Å². The van der Waals surface area contributed by atoms with E-state index in [1.54, 1.807) is 6.07 Å². The normalized spacial score (nSPS) is 22.3. The average molecular weight is 945 g/mol. The number of nitrogens with zero attached hydrogens (tertiary/aromatic N) is 12. The van der Waals surface area contributed by atoms with E-state index in [1.165, 1.54) is 61.4 Å². The molecule has 23 heteroatoms. The fourth-order valence-corrected chi connectivity index (χ4v) is 9.86. The Morgan fingerprint density at radius 3 is 1.96 bits per heavy atom. The summed E-state index contributed by atoms with van der Waals surface area (Å²) in [4.78, 5) is 20.9. The van der Waals surface area contributed by atoms with Crippen molar-refractivity contribution in [1.29, 1.82) is 10.9 Å². The molecular weight excluding hydrogens is 892 g/mol. The first-order chi connectivity index (χ1) is 32.5. The van der Waals surface area contributed by atoms with Crippen LogP contribution in [-0.4, -0.2) is 107 Å². The first-order valence-electron chi connectivity index (χ1n) is 22.8. The predicted octanol–water partition coefficient (Wildman–Crippen LogP) is 8.34. The molecular formula is C44H53ClF4N18. The number of halogens is 5. The minimum Gasteiger partial charge on any atom is -0.396 e. The lowest BCUT2D eigenvalue weighted by Crippen LogP contribution is -2.43. The Hall–Kier alpha value is -6.13. The number of fused-ring (bicyclic) bond motifs is 2. The summed E-state index contributed by atoms with van der Waals surface area (Å²) in [6.07, 6.45) is 17.6. The molecule has 0 radical (unpaired) electrons. The van der Waals surface area contributed by atoms with Gasteiger partial charge in [0.2, 0.25) is 11.2 Å². The number of nitrogens with one attached hydrogen (secondary N) is 5. The number of benzene rings is 2. The molecule has 6 fully saturated rings. The van der Waals surface area contributed by atoms with E-state index in [2.05, 4.69) is 66.4 Å². The van der Waals surface area contributed by atoms with Gasteiger partial charge in [0.1, 0.15) is 24.3 Å². The molecule has 7 N–H and O–H groups in total. The van der Waals surface area contributed by atoms with Crippen molar-refractivity contribution in [3.05, 3.63) is 82.7 Å². The lowest BCUT2D eigenvalue weighted by atomic mass is 9.97. The minimum atomic E-state index is -0.520. The number of nitrogens with two attached hydrogens (primary N) is 1. The second kappa shape index (κ2) is 20.4. The van der Waals surface area contributed by atoms with Gasteiger partial charge < -0.3 is 31.5 Å². The fraction of sp³-hybridized carbons (Fsp3) is 0.500. The largest absolute Gasteiger partial charge is 0.396 e. The van der Waals surface area contributed by atoms with Crippen LogP contribution in [0, 0.1) is 34.2 Å². The zero-order chi connectivity index (χ0) is 46.6. The number of tetrazole rings is 1. The number of hydrogen-bond acceptors (Lipinski definition) is 16.